The van der Waals surface area contributed by atoms with E-state index in [4.69, 9.17) is 9.97 Å². The van der Waals surface area contributed by atoms with Crippen LogP contribution >= 0.6 is 11.8 Å². The van der Waals surface area contributed by atoms with Gasteiger partial charge in [0.1, 0.15) is 5.82 Å². The highest BCUT2D eigenvalue weighted by atomic mass is 32.2. The molecule has 0 amide bonds. The Hall–Kier alpha value is -2.33. The van der Waals surface area contributed by atoms with E-state index >= 15 is 0 Å². The molecule has 0 unspecified atom stereocenters. The lowest BCUT2D eigenvalue weighted by Gasteiger charge is -2.22. The van der Waals surface area contributed by atoms with Crippen LogP contribution in [-0.4, -0.2) is 21.8 Å². The van der Waals surface area contributed by atoms with Crippen LogP contribution in [0, 0.1) is 0 Å². The molecule has 0 saturated carbocycles. The van der Waals surface area contributed by atoms with Crippen LogP contribution in [0.2, 0.25) is 0 Å². The number of nitrogens with zero attached hydrogens (tertiary/aromatic N) is 2. The fourth-order valence-corrected chi connectivity index (χ4v) is 5.50. The van der Waals surface area contributed by atoms with Crippen LogP contribution in [0.25, 0.3) is 0 Å². The molecule has 2 aliphatic rings. The summed E-state index contributed by atoms with van der Waals surface area (Å²) in [5.41, 5.74) is 7.01. The van der Waals surface area contributed by atoms with Crippen LogP contribution in [-0.2, 0) is 32.1 Å². The molecule has 3 aromatic rings. The second-order valence-electron chi connectivity index (χ2n) is 8.44. The average Bonchev–Trinajstić information content (AvgIpc) is 3.20. The van der Waals surface area contributed by atoms with Gasteiger partial charge in [0.25, 0.3) is 0 Å². The number of aromatic nitrogens is 2. The van der Waals surface area contributed by atoms with Crippen LogP contribution < -0.4 is 5.32 Å². The van der Waals surface area contributed by atoms with Crippen LogP contribution in [0.3, 0.4) is 0 Å². The molecular formula is C26H29N3S. The maximum Gasteiger partial charge on any atom is 0.189 e. The number of aryl methyl sites for hydroxylation is 2. The topological polar surface area (TPSA) is 37.8 Å². The minimum atomic E-state index is 0.444. The molecule has 3 nitrogen and oxygen atoms in total. The second kappa shape index (κ2) is 9.22. The first-order chi connectivity index (χ1) is 14.8. The van der Waals surface area contributed by atoms with Crippen molar-refractivity contribution >= 4 is 17.6 Å². The van der Waals surface area contributed by atoms with E-state index in [-0.39, 0.29) is 0 Å². The number of hydrogen-bond acceptors (Lipinski definition) is 4. The molecule has 1 aromatic heterocycles. The van der Waals surface area contributed by atoms with Gasteiger partial charge in [-0.1, -0.05) is 66.4 Å². The van der Waals surface area contributed by atoms with Gasteiger partial charge in [-0.25, -0.2) is 9.97 Å². The summed E-state index contributed by atoms with van der Waals surface area (Å²) in [5.74, 6) is 2.16. The predicted molar refractivity (Wildman–Crippen MR) is 125 cm³/mol. The number of benzene rings is 2. The first-order valence-electron chi connectivity index (χ1n) is 11.2. The molecule has 0 atom stereocenters. The van der Waals surface area contributed by atoms with Crippen molar-refractivity contribution in [3.05, 3.63) is 82.5 Å². The Kier molecular flexibility index (Phi) is 6.03. The summed E-state index contributed by atoms with van der Waals surface area (Å²) in [6.45, 7) is 0. The molecule has 2 aliphatic carbocycles. The molecule has 154 valence electrons. The summed E-state index contributed by atoms with van der Waals surface area (Å²) in [4.78, 5) is 9.94. The normalized spacial score (nSPS) is 15.6. The zero-order chi connectivity index (χ0) is 20.2. The summed E-state index contributed by atoms with van der Waals surface area (Å²) >= 11 is 1.81. The lowest BCUT2D eigenvalue weighted by Crippen LogP contribution is -2.23. The fourth-order valence-electron chi connectivity index (χ4n) is 4.69. The molecule has 0 fully saturated rings. The quantitative estimate of drug-likeness (QED) is 0.307. The number of nitrogens with one attached hydrogen (secondary N) is 1. The maximum absolute atomic E-state index is 5.00. The first-order valence-corrected chi connectivity index (χ1v) is 12.2. The molecule has 30 heavy (non-hydrogen) atoms. The number of thioether (sulfide) groups is 1. The SMILES string of the molecule is c1ccc(CCCSc2nc3c(c(NC4Cc5ccccc5C4)n2)CCCC3)cc1. The minimum absolute atomic E-state index is 0.444. The van der Waals surface area contributed by atoms with Gasteiger partial charge in [-0.05, 0) is 68.1 Å². The highest BCUT2D eigenvalue weighted by Crippen LogP contribution is 2.31. The third kappa shape index (κ3) is 4.54. The lowest BCUT2D eigenvalue weighted by molar-refractivity contribution is 0.646. The van der Waals surface area contributed by atoms with E-state index < -0.39 is 0 Å². The zero-order valence-electron chi connectivity index (χ0n) is 17.4. The summed E-state index contributed by atoms with van der Waals surface area (Å²) < 4.78 is 0. The molecule has 0 radical (unpaired) electrons. The van der Waals surface area contributed by atoms with Gasteiger partial charge in [0.05, 0.1) is 5.69 Å². The van der Waals surface area contributed by atoms with Gasteiger partial charge < -0.3 is 5.32 Å². The van der Waals surface area contributed by atoms with E-state index in [1.165, 1.54) is 40.8 Å². The molecule has 1 heterocycles. The van der Waals surface area contributed by atoms with E-state index in [2.05, 4.69) is 59.9 Å². The molecular weight excluding hydrogens is 386 g/mol. The fraction of sp³-hybridized carbons (Fsp3) is 0.385. The van der Waals surface area contributed by atoms with Crippen molar-refractivity contribution in [2.45, 2.75) is 62.6 Å². The van der Waals surface area contributed by atoms with E-state index in [0.29, 0.717) is 6.04 Å². The summed E-state index contributed by atoms with van der Waals surface area (Å²) in [5, 5.41) is 4.75. The van der Waals surface area contributed by atoms with Crippen LogP contribution in [0.1, 0.15) is 47.2 Å². The van der Waals surface area contributed by atoms with Gasteiger partial charge >= 0.3 is 0 Å². The van der Waals surface area contributed by atoms with Crippen molar-refractivity contribution in [2.24, 2.45) is 0 Å². The molecule has 0 saturated heterocycles. The number of hydrogen-bond donors (Lipinski definition) is 1. The molecule has 1 N–H and O–H groups in total. The minimum Gasteiger partial charge on any atom is -0.366 e. The van der Waals surface area contributed by atoms with E-state index in [1.54, 1.807) is 0 Å². The summed E-state index contributed by atoms with van der Waals surface area (Å²) in [6.07, 6.45) is 9.14. The highest BCUT2D eigenvalue weighted by Gasteiger charge is 2.24. The van der Waals surface area contributed by atoms with Gasteiger partial charge in [0, 0.05) is 17.4 Å². The van der Waals surface area contributed by atoms with Crippen molar-refractivity contribution in [2.75, 3.05) is 11.1 Å². The number of anilines is 1. The Balaban J connectivity index is 1.26. The van der Waals surface area contributed by atoms with Gasteiger partial charge in [-0.15, -0.1) is 0 Å². The van der Waals surface area contributed by atoms with Crippen molar-refractivity contribution < 1.29 is 0 Å². The van der Waals surface area contributed by atoms with E-state index in [1.807, 2.05) is 11.8 Å². The maximum atomic E-state index is 5.00. The summed E-state index contributed by atoms with van der Waals surface area (Å²) in [7, 11) is 0. The standard InChI is InChI=1S/C26H29N3S/c1-2-9-19(10-3-1)11-8-16-30-26-28-24-15-7-6-14-23(24)25(29-26)27-22-17-20-12-4-5-13-21(20)18-22/h1-5,9-10,12-13,22H,6-8,11,14-18H2,(H,27,28,29). The van der Waals surface area contributed by atoms with Crippen LogP contribution in [0.5, 0.6) is 0 Å². The summed E-state index contributed by atoms with van der Waals surface area (Å²) in [6, 6.07) is 20.0. The van der Waals surface area contributed by atoms with Gasteiger partial charge in [-0.3, -0.25) is 0 Å². The zero-order valence-corrected chi connectivity index (χ0v) is 18.3. The Morgan fingerprint density at radius 3 is 2.40 bits per heavy atom. The van der Waals surface area contributed by atoms with Gasteiger partial charge in [-0.2, -0.15) is 0 Å². The van der Waals surface area contributed by atoms with E-state index in [9.17, 15) is 0 Å². The largest absolute Gasteiger partial charge is 0.366 e. The van der Waals surface area contributed by atoms with Crippen LogP contribution in [0.4, 0.5) is 5.82 Å². The van der Waals surface area contributed by atoms with Gasteiger partial charge in [0.2, 0.25) is 0 Å². The Labute approximate surface area is 183 Å². The van der Waals surface area contributed by atoms with Crippen molar-refractivity contribution in [3.8, 4) is 0 Å². The Morgan fingerprint density at radius 1 is 0.867 bits per heavy atom. The van der Waals surface area contributed by atoms with Crippen LogP contribution in [0.15, 0.2) is 59.8 Å². The number of fused-ring (bicyclic) bond motifs is 2. The average molecular weight is 416 g/mol. The molecule has 0 aliphatic heterocycles. The molecule has 2 aromatic carbocycles. The van der Waals surface area contributed by atoms with E-state index in [0.717, 1.165) is 55.3 Å². The Morgan fingerprint density at radius 2 is 1.60 bits per heavy atom. The monoisotopic (exact) mass is 415 g/mol. The van der Waals surface area contributed by atoms with Gasteiger partial charge in [0.15, 0.2) is 5.16 Å². The lowest BCUT2D eigenvalue weighted by atomic mass is 9.96. The molecule has 4 heteroatoms. The smallest absolute Gasteiger partial charge is 0.189 e. The van der Waals surface area contributed by atoms with Crippen molar-refractivity contribution in [1.29, 1.82) is 0 Å². The third-order valence-electron chi connectivity index (χ3n) is 6.24. The third-order valence-corrected chi connectivity index (χ3v) is 7.17. The predicted octanol–water partition coefficient (Wildman–Crippen LogP) is 5.66. The van der Waals surface area contributed by atoms with Crippen molar-refractivity contribution in [1.82, 2.24) is 9.97 Å². The highest BCUT2D eigenvalue weighted by molar-refractivity contribution is 7.99. The number of rotatable bonds is 7. The molecule has 5 rings (SSSR count). The second-order valence-corrected chi connectivity index (χ2v) is 9.51. The molecule has 0 spiro atoms. The Bertz CT molecular complexity index is 977. The molecule has 0 bridgehead atoms. The van der Waals surface area contributed by atoms with Crippen molar-refractivity contribution in [3.63, 3.8) is 0 Å². The first kappa shape index (κ1) is 19.6.